The predicted molar refractivity (Wildman–Crippen MR) is 101 cm³/mol. The molecule has 0 unspecified atom stereocenters. The lowest BCUT2D eigenvalue weighted by molar-refractivity contribution is 0.102. The van der Waals surface area contributed by atoms with Crippen molar-refractivity contribution in [2.75, 3.05) is 32.5 Å². The van der Waals surface area contributed by atoms with E-state index in [-0.39, 0.29) is 5.91 Å². The Balaban J connectivity index is 1.60. The topological polar surface area (TPSA) is 108 Å². The molecule has 0 saturated heterocycles. The van der Waals surface area contributed by atoms with Crippen LogP contribution in [0, 0.1) is 0 Å². The number of anilines is 1. The summed E-state index contributed by atoms with van der Waals surface area (Å²) in [5.41, 5.74) is 4.05. The minimum Gasteiger partial charge on any atom is -0.408 e. The highest BCUT2D eigenvalue weighted by atomic mass is 16.4. The SMILES string of the molecule is CN(C)CCn1c(=O)oc2ccc(NC(=O)c3n[nH]c4c3CNCC4)cc21. The number of rotatable bonds is 5. The molecule has 9 heteroatoms. The molecule has 27 heavy (non-hydrogen) atoms. The van der Waals surface area contributed by atoms with Gasteiger partial charge in [-0.05, 0) is 32.3 Å². The van der Waals surface area contributed by atoms with Crippen LogP contribution in [0.2, 0.25) is 0 Å². The Morgan fingerprint density at radius 2 is 2.26 bits per heavy atom. The van der Waals surface area contributed by atoms with Gasteiger partial charge in [-0.1, -0.05) is 0 Å². The van der Waals surface area contributed by atoms with Crippen LogP contribution in [0.4, 0.5) is 5.69 Å². The van der Waals surface area contributed by atoms with E-state index in [0.29, 0.717) is 42.1 Å². The lowest BCUT2D eigenvalue weighted by Crippen LogP contribution is -2.25. The number of H-pyrrole nitrogens is 1. The van der Waals surface area contributed by atoms with E-state index < -0.39 is 5.76 Å². The summed E-state index contributed by atoms with van der Waals surface area (Å²) in [6, 6.07) is 5.17. The molecule has 4 rings (SSSR count). The number of nitrogens with one attached hydrogen (secondary N) is 3. The standard InChI is InChI=1S/C18H22N6O3/c1-23(2)7-8-24-14-9-11(3-4-15(14)27-18(24)26)20-17(25)16-12-10-19-6-5-13(12)21-22-16/h3-4,9,19H,5-8,10H2,1-2H3,(H,20,25)(H,21,22). The molecule has 9 nitrogen and oxygen atoms in total. The van der Waals surface area contributed by atoms with Crippen molar-refractivity contribution in [2.24, 2.45) is 0 Å². The second-order valence-electron chi connectivity index (χ2n) is 6.92. The zero-order valence-electron chi connectivity index (χ0n) is 15.3. The summed E-state index contributed by atoms with van der Waals surface area (Å²) in [5.74, 6) is -0.677. The van der Waals surface area contributed by atoms with E-state index in [0.717, 1.165) is 24.2 Å². The molecule has 0 radical (unpaired) electrons. The minimum absolute atomic E-state index is 0.277. The van der Waals surface area contributed by atoms with Gasteiger partial charge in [-0.15, -0.1) is 0 Å². The van der Waals surface area contributed by atoms with E-state index in [1.807, 2.05) is 19.0 Å². The smallest absolute Gasteiger partial charge is 0.408 e. The van der Waals surface area contributed by atoms with Crippen molar-refractivity contribution in [1.82, 2.24) is 25.0 Å². The molecule has 142 valence electrons. The number of likely N-dealkylation sites (N-methyl/N-ethyl adjacent to an activating group) is 1. The molecule has 1 aliphatic heterocycles. The lowest BCUT2D eigenvalue weighted by Gasteiger charge is -2.13. The Morgan fingerprint density at radius 1 is 1.41 bits per heavy atom. The third-order valence-corrected chi connectivity index (χ3v) is 4.72. The molecule has 0 saturated carbocycles. The van der Waals surface area contributed by atoms with Crippen LogP contribution in [0.25, 0.3) is 11.1 Å². The van der Waals surface area contributed by atoms with E-state index >= 15 is 0 Å². The van der Waals surface area contributed by atoms with Gasteiger partial charge >= 0.3 is 5.76 Å². The highest BCUT2D eigenvalue weighted by Crippen LogP contribution is 2.21. The van der Waals surface area contributed by atoms with Crippen molar-refractivity contribution in [3.63, 3.8) is 0 Å². The fraction of sp³-hybridized carbons (Fsp3) is 0.389. The van der Waals surface area contributed by atoms with E-state index in [9.17, 15) is 9.59 Å². The average Bonchev–Trinajstić information content (AvgIpc) is 3.20. The molecule has 3 heterocycles. The van der Waals surface area contributed by atoms with Gasteiger partial charge in [0.05, 0.1) is 5.52 Å². The first-order chi connectivity index (χ1) is 13.0. The van der Waals surface area contributed by atoms with Gasteiger partial charge in [0.1, 0.15) is 0 Å². The molecule has 1 aromatic carbocycles. The van der Waals surface area contributed by atoms with Crippen LogP contribution in [0.5, 0.6) is 0 Å². The molecular weight excluding hydrogens is 348 g/mol. The minimum atomic E-state index is -0.400. The number of hydrogen-bond acceptors (Lipinski definition) is 6. The number of carbonyl (C=O) groups excluding carboxylic acids is 1. The zero-order valence-corrected chi connectivity index (χ0v) is 15.3. The van der Waals surface area contributed by atoms with Crippen LogP contribution < -0.4 is 16.4 Å². The van der Waals surface area contributed by atoms with Gasteiger partial charge in [0.15, 0.2) is 11.3 Å². The van der Waals surface area contributed by atoms with Gasteiger partial charge in [0, 0.05) is 49.5 Å². The maximum atomic E-state index is 12.7. The first-order valence-electron chi connectivity index (χ1n) is 8.89. The monoisotopic (exact) mass is 370 g/mol. The van der Waals surface area contributed by atoms with Crippen molar-refractivity contribution in [3.8, 4) is 0 Å². The van der Waals surface area contributed by atoms with E-state index in [4.69, 9.17) is 4.42 Å². The highest BCUT2D eigenvalue weighted by Gasteiger charge is 2.22. The molecule has 1 aliphatic rings. The number of aromatic amines is 1. The summed E-state index contributed by atoms with van der Waals surface area (Å²) in [4.78, 5) is 26.8. The first-order valence-corrected chi connectivity index (χ1v) is 8.89. The summed E-state index contributed by atoms with van der Waals surface area (Å²) in [7, 11) is 3.89. The number of carbonyl (C=O) groups is 1. The van der Waals surface area contributed by atoms with Crippen molar-refractivity contribution < 1.29 is 9.21 Å². The average molecular weight is 370 g/mol. The molecule has 0 spiro atoms. The normalized spacial score (nSPS) is 13.9. The fourth-order valence-corrected chi connectivity index (χ4v) is 3.25. The van der Waals surface area contributed by atoms with Crippen molar-refractivity contribution in [1.29, 1.82) is 0 Å². The lowest BCUT2D eigenvalue weighted by atomic mass is 10.1. The Morgan fingerprint density at radius 3 is 3.07 bits per heavy atom. The van der Waals surface area contributed by atoms with Gasteiger partial charge in [-0.2, -0.15) is 5.10 Å². The third-order valence-electron chi connectivity index (χ3n) is 4.72. The summed E-state index contributed by atoms with van der Waals surface area (Å²) in [6.45, 7) is 2.71. The number of nitrogens with zero attached hydrogens (tertiary/aromatic N) is 3. The number of amides is 1. The predicted octanol–water partition coefficient (Wildman–Crippen LogP) is 0.777. The molecule has 0 fully saturated rings. The quantitative estimate of drug-likeness (QED) is 0.612. The largest absolute Gasteiger partial charge is 0.419 e. The van der Waals surface area contributed by atoms with Gasteiger partial charge in [0.25, 0.3) is 5.91 Å². The van der Waals surface area contributed by atoms with E-state index in [1.54, 1.807) is 22.8 Å². The highest BCUT2D eigenvalue weighted by molar-refractivity contribution is 6.04. The number of aromatic nitrogens is 3. The second-order valence-corrected chi connectivity index (χ2v) is 6.92. The van der Waals surface area contributed by atoms with Crippen LogP contribution in [-0.4, -0.2) is 52.8 Å². The zero-order chi connectivity index (χ0) is 19.0. The van der Waals surface area contributed by atoms with Gasteiger partial charge in [-0.25, -0.2) is 4.79 Å². The summed E-state index contributed by atoms with van der Waals surface area (Å²) < 4.78 is 6.86. The van der Waals surface area contributed by atoms with E-state index in [1.165, 1.54) is 0 Å². The van der Waals surface area contributed by atoms with Crippen LogP contribution in [0.3, 0.4) is 0 Å². The number of hydrogen-bond donors (Lipinski definition) is 3. The molecule has 0 bridgehead atoms. The van der Waals surface area contributed by atoms with Gasteiger partial charge in [0.2, 0.25) is 0 Å². The van der Waals surface area contributed by atoms with Gasteiger partial charge in [-0.3, -0.25) is 14.5 Å². The maximum absolute atomic E-state index is 12.7. The number of benzene rings is 1. The van der Waals surface area contributed by atoms with Crippen LogP contribution in [0.15, 0.2) is 27.4 Å². The Kier molecular flexibility index (Phi) is 4.54. The molecule has 2 aromatic heterocycles. The van der Waals surface area contributed by atoms with Crippen molar-refractivity contribution in [2.45, 2.75) is 19.5 Å². The second kappa shape index (κ2) is 7.01. The molecule has 0 atom stereocenters. The first kappa shape index (κ1) is 17.5. The van der Waals surface area contributed by atoms with Crippen LogP contribution in [-0.2, 0) is 19.5 Å². The molecule has 0 aliphatic carbocycles. The Hall–Kier alpha value is -2.91. The van der Waals surface area contributed by atoms with E-state index in [2.05, 4.69) is 20.8 Å². The third kappa shape index (κ3) is 3.38. The molecular formula is C18H22N6O3. The Bertz CT molecular complexity index is 1050. The van der Waals surface area contributed by atoms with Crippen LogP contribution in [0.1, 0.15) is 21.7 Å². The van der Waals surface area contributed by atoms with Gasteiger partial charge < -0.3 is 20.0 Å². The number of oxazole rings is 1. The molecule has 3 N–H and O–H groups in total. The Labute approximate surface area is 155 Å². The fourth-order valence-electron chi connectivity index (χ4n) is 3.25. The molecule has 3 aromatic rings. The maximum Gasteiger partial charge on any atom is 0.419 e. The van der Waals surface area contributed by atoms with Crippen molar-refractivity contribution >= 4 is 22.7 Å². The summed E-state index contributed by atoms with van der Waals surface area (Å²) in [5, 5.41) is 13.2. The summed E-state index contributed by atoms with van der Waals surface area (Å²) in [6.07, 6.45) is 0.828. The number of fused-ring (bicyclic) bond motifs is 2. The van der Waals surface area contributed by atoms with Crippen molar-refractivity contribution in [3.05, 3.63) is 45.7 Å². The van der Waals surface area contributed by atoms with Crippen LogP contribution >= 0.6 is 0 Å². The summed E-state index contributed by atoms with van der Waals surface area (Å²) >= 11 is 0. The molecule has 1 amide bonds.